The molecule has 6 nitrogen and oxygen atoms in total. The van der Waals surface area contributed by atoms with Gasteiger partial charge in [0.1, 0.15) is 13.2 Å². The van der Waals surface area contributed by atoms with Crippen LogP contribution in [0.2, 0.25) is 0 Å². The molecular formula is C62H116O6. The van der Waals surface area contributed by atoms with Gasteiger partial charge in [0.05, 0.1) is 0 Å². The van der Waals surface area contributed by atoms with Gasteiger partial charge >= 0.3 is 17.9 Å². The summed E-state index contributed by atoms with van der Waals surface area (Å²) in [6, 6.07) is 0. The summed E-state index contributed by atoms with van der Waals surface area (Å²) in [5, 5.41) is 0. The Labute approximate surface area is 423 Å². The van der Waals surface area contributed by atoms with Crippen molar-refractivity contribution >= 4 is 17.9 Å². The largest absolute Gasteiger partial charge is 0.462 e. The zero-order valence-corrected chi connectivity index (χ0v) is 45.9. The van der Waals surface area contributed by atoms with Crippen molar-refractivity contribution < 1.29 is 28.6 Å². The van der Waals surface area contributed by atoms with E-state index in [1.807, 2.05) is 0 Å². The van der Waals surface area contributed by atoms with Gasteiger partial charge in [0.2, 0.25) is 0 Å². The van der Waals surface area contributed by atoms with E-state index in [1.165, 1.54) is 225 Å². The molecule has 0 aromatic heterocycles. The topological polar surface area (TPSA) is 78.9 Å². The lowest BCUT2D eigenvalue weighted by molar-refractivity contribution is -0.167. The fraction of sp³-hybridized carbons (Fsp3) is 0.887. The van der Waals surface area contributed by atoms with Crippen molar-refractivity contribution in [2.75, 3.05) is 13.2 Å². The molecule has 68 heavy (non-hydrogen) atoms. The van der Waals surface area contributed by atoms with Gasteiger partial charge in [-0.25, -0.2) is 0 Å². The van der Waals surface area contributed by atoms with E-state index in [0.29, 0.717) is 19.3 Å². The van der Waals surface area contributed by atoms with Crippen LogP contribution in [0.1, 0.15) is 335 Å². The molecule has 1 unspecified atom stereocenters. The molecule has 0 radical (unpaired) electrons. The predicted molar refractivity (Wildman–Crippen MR) is 293 cm³/mol. The Bertz CT molecular complexity index is 1100. The van der Waals surface area contributed by atoms with Gasteiger partial charge in [-0.05, 0) is 70.6 Å². The average Bonchev–Trinajstić information content (AvgIpc) is 3.34. The summed E-state index contributed by atoms with van der Waals surface area (Å²) in [6.07, 6.45) is 67.5. The van der Waals surface area contributed by atoms with Crippen molar-refractivity contribution in [1.29, 1.82) is 0 Å². The van der Waals surface area contributed by atoms with E-state index in [2.05, 4.69) is 45.1 Å². The van der Waals surface area contributed by atoms with E-state index >= 15 is 0 Å². The van der Waals surface area contributed by atoms with E-state index in [1.54, 1.807) is 0 Å². The van der Waals surface area contributed by atoms with Crippen molar-refractivity contribution in [3.8, 4) is 0 Å². The van der Waals surface area contributed by atoms with Gasteiger partial charge in [-0.15, -0.1) is 0 Å². The summed E-state index contributed by atoms with van der Waals surface area (Å²) >= 11 is 0. The second-order valence-electron chi connectivity index (χ2n) is 20.6. The second-order valence-corrected chi connectivity index (χ2v) is 20.6. The van der Waals surface area contributed by atoms with Crippen LogP contribution in [0, 0.1) is 0 Å². The SMILES string of the molecule is CCCCCCCCC/C=C\CCCCCC(=O)OCC(COC(=O)CCCCCCC/C=C\CCCCCCCCCCC)OC(=O)CCCCCCCCCCCCCCCCCCCC. The number of ether oxygens (including phenoxy) is 3. The summed E-state index contributed by atoms with van der Waals surface area (Å²) in [7, 11) is 0. The Kier molecular flexibility index (Phi) is 55.7. The minimum absolute atomic E-state index is 0.0758. The summed E-state index contributed by atoms with van der Waals surface area (Å²) in [6.45, 7) is 6.67. The van der Waals surface area contributed by atoms with Crippen molar-refractivity contribution in [3.63, 3.8) is 0 Å². The van der Waals surface area contributed by atoms with Crippen LogP contribution in [0.4, 0.5) is 0 Å². The van der Waals surface area contributed by atoms with Crippen LogP contribution < -0.4 is 0 Å². The molecule has 0 aromatic carbocycles. The minimum atomic E-state index is -0.777. The molecule has 0 rings (SSSR count). The first-order chi connectivity index (χ1) is 33.5. The molecule has 0 aromatic rings. The number of carbonyl (C=O) groups is 3. The number of hydrogen-bond donors (Lipinski definition) is 0. The fourth-order valence-electron chi connectivity index (χ4n) is 9.08. The van der Waals surface area contributed by atoms with Crippen LogP contribution in [-0.4, -0.2) is 37.2 Å². The van der Waals surface area contributed by atoms with Crippen molar-refractivity contribution in [3.05, 3.63) is 24.3 Å². The van der Waals surface area contributed by atoms with Gasteiger partial charge in [0.15, 0.2) is 6.10 Å². The molecule has 0 amide bonds. The lowest BCUT2D eigenvalue weighted by Gasteiger charge is -2.18. The molecule has 6 heteroatoms. The molecule has 0 fully saturated rings. The molecule has 0 spiro atoms. The van der Waals surface area contributed by atoms with E-state index in [0.717, 1.165) is 70.6 Å². The number of carbonyl (C=O) groups excluding carboxylic acids is 3. The number of hydrogen-bond acceptors (Lipinski definition) is 6. The van der Waals surface area contributed by atoms with E-state index in [4.69, 9.17) is 14.2 Å². The van der Waals surface area contributed by atoms with Crippen LogP contribution in [0.3, 0.4) is 0 Å². The summed E-state index contributed by atoms with van der Waals surface area (Å²) in [4.78, 5) is 38.2. The van der Waals surface area contributed by atoms with Crippen LogP contribution in [-0.2, 0) is 28.6 Å². The van der Waals surface area contributed by atoms with Gasteiger partial charge in [-0.2, -0.15) is 0 Å². The Hall–Kier alpha value is -2.11. The average molecular weight is 958 g/mol. The van der Waals surface area contributed by atoms with Crippen molar-refractivity contribution in [2.45, 2.75) is 341 Å². The Morgan fingerprint density at radius 3 is 0.750 bits per heavy atom. The monoisotopic (exact) mass is 957 g/mol. The Balaban J connectivity index is 4.34. The molecule has 1 atom stereocenters. The van der Waals surface area contributed by atoms with Gasteiger partial charge in [0.25, 0.3) is 0 Å². The lowest BCUT2D eigenvalue weighted by Crippen LogP contribution is -2.30. The first kappa shape index (κ1) is 65.9. The zero-order valence-electron chi connectivity index (χ0n) is 45.9. The summed E-state index contributed by atoms with van der Waals surface area (Å²) < 4.78 is 16.9. The van der Waals surface area contributed by atoms with Crippen LogP contribution in [0.15, 0.2) is 24.3 Å². The number of allylic oxidation sites excluding steroid dienone is 4. The van der Waals surface area contributed by atoms with E-state index in [9.17, 15) is 14.4 Å². The van der Waals surface area contributed by atoms with Crippen molar-refractivity contribution in [2.24, 2.45) is 0 Å². The van der Waals surface area contributed by atoms with E-state index in [-0.39, 0.29) is 31.1 Å². The number of unbranched alkanes of at least 4 members (excludes halogenated alkanes) is 41. The molecule has 0 bridgehead atoms. The van der Waals surface area contributed by atoms with Gasteiger partial charge in [-0.1, -0.05) is 270 Å². The first-order valence-corrected chi connectivity index (χ1v) is 30.3. The molecule has 0 aliphatic heterocycles. The Morgan fingerprint density at radius 1 is 0.279 bits per heavy atom. The zero-order chi connectivity index (χ0) is 49.3. The number of esters is 3. The standard InChI is InChI=1S/C62H116O6/c1-4-7-10-13-16-19-22-25-28-30-32-34-37-40-43-46-49-52-55-61(64)67-58-59(57-66-60(63)54-51-48-45-42-39-36-27-24-21-18-15-12-9-6-3)68-62(65)56-53-50-47-44-41-38-35-33-31-29-26-23-20-17-14-11-8-5-2/h32,34,36,39,59H,4-31,33,35,37-38,40-58H2,1-3H3/b34-32-,39-36-. The van der Waals surface area contributed by atoms with Gasteiger partial charge in [-0.3, -0.25) is 14.4 Å². The number of rotatable bonds is 56. The highest BCUT2D eigenvalue weighted by molar-refractivity contribution is 5.71. The molecule has 0 aliphatic carbocycles. The van der Waals surface area contributed by atoms with Crippen LogP contribution in [0.25, 0.3) is 0 Å². The highest BCUT2D eigenvalue weighted by Crippen LogP contribution is 2.17. The third-order valence-corrected chi connectivity index (χ3v) is 13.7. The first-order valence-electron chi connectivity index (χ1n) is 30.3. The molecule has 400 valence electrons. The van der Waals surface area contributed by atoms with Crippen molar-refractivity contribution in [1.82, 2.24) is 0 Å². The van der Waals surface area contributed by atoms with E-state index < -0.39 is 6.10 Å². The van der Waals surface area contributed by atoms with Gasteiger partial charge < -0.3 is 14.2 Å². The highest BCUT2D eigenvalue weighted by atomic mass is 16.6. The lowest BCUT2D eigenvalue weighted by atomic mass is 10.0. The van der Waals surface area contributed by atoms with Gasteiger partial charge in [0, 0.05) is 19.3 Å². The highest BCUT2D eigenvalue weighted by Gasteiger charge is 2.19. The maximum atomic E-state index is 12.9. The maximum absolute atomic E-state index is 12.9. The molecule has 0 N–H and O–H groups in total. The summed E-state index contributed by atoms with van der Waals surface area (Å²) in [5.74, 6) is -0.877. The predicted octanol–water partition coefficient (Wildman–Crippen LogP) is 20.3. The molecule has 0 saturated carbocycles. The molecular weight excluding hydrogens is 841 g/mol. The smallest absolute Gasteiger partial charge is 0.306 e. The van der Waals surface area contributed by atoms with Crippen LogP contribution in [0.5, 0.6) is 0 Å². The fourth-order valence-corrected chi connectivity index (χ4v) is 9.08. The quantitative estimate of drug-likeness (QED) is 0.0262. The molecule has 0 saturated heterocycles. The second kappa shape index (κ2) is 57.5. The Morgan fingerprint density at radius 2 is 0.485 bits per heavy atom. The third-order valence-electron chi connectivity index (χ3n) is 13.7. The van der Waals surface area contributed by atoms with Crippen LogP contribution >= 0.6 is 0 Å². The third kappa shape index (κ3) is 54.8. The minimum Gasteiger partial charge on any atom is -0.462 e. The molecule has 0 aliphatic rings. The molecule has 0 heterocycles. The maximum Gasteiger partial charge on any atom is 0.306 e. The normalized spacial score (nSPS) is 12.1. The summed E-state index contributed by atoms with van der Waals surface area (Å²) in [5.41, 5.74) is 0.